The van der Waals surface area contributed by atoms with E-state index >= 15 is 0 Å². The molecule has 1 N–H and O–H groups in total. The Morgan fingerprint density at radius 3 is 2.81 bits per heavy atom. The van der Waals surface area contributed by atoms with Gasteiger partial charge in [0, 0.05) is 43.8 Å². The molecule has 0 radical (unpaired) electrons. The van der Waals surface area contributed by atoms with Crippen molar-refractivity contribution in [1.82, 2.24) is 14.8 Å². The molecule has 1 fully saturated rings. The lowest BCUT2D eigenvalue weighted by molar-refractivity contribution is 0.0695. The summed E-state index contributed by atoms with van der Waals surface area (Å²) in [6, 6.07) is 18.8. The van der Waals surface area contributed by atoms with Crippen LogP contribution in [0.4, 0.5) is 0 Å². The molecule has 4 rings (SSSR count). The summed E-state index contributed by atoms with van der Waals surface area (Å²) in [5, 5.41) is 1.09. The van der Waals surface area contributed by atoms with Gasteiger partial charge in [0.05, 0.1) is 11.1 Å². The van der Waals surface area contributed by atoms with Gasteiger partial charge in [-0.05, 0) is 31.0 Å². The van der Waals surface area contributed by atoms with E-state index in [9.17, 15) is 4.79 Å². The van der Waals surface area contributed by atoms with Gasteiger partial charge in [-0.3, -0.25) is 9.69 Å². The van der Waals surface area contributed by atoms with Crippen molar-refractivity contribution in [3.05, 3.63) is 71.9 Å². The van der Waals surface area contributed by atoms with E-state index in [1.807, 2.05) is 35.4 Å². The van der Waals surface area contributed by atoms with E-state index in [1.54, 1.807) is 0 Å². The zero-order chi connectivity index (χ0) is 17.9. The monoisotopic (exact) mass is 347 g/mol. The number of carbonyl (C=O) groups is 1. The molecule has 1 atom stereocenters. The second kappa shape index (κ2) is 7.34. The summed E-state index contributed by atoms with van der Waals surface area (Å²) >= 11 is 0. The SMILES string of the molecule is CCN(C(=O)c1cccc2cc[nH]c12)C1CCN(Cc2ccccc2)C1. The zero-order valence-corrected chi connectivity index (χ0v) is 15.2. The molecule has 2 aromatic carbocycles. The van der Waals surface area contributed by atoms with Crippen LogP contribution in [-0.4, -0.2) is 46.4 Å². The lowest BCUT2D eigenvalue weighted by atomic mass is 10.1. The van der Waals surface area contributed by atoms with E-state index in [4.69, 9.17) is 0 Å². The van der Waals surface area contributed by atoms with Gasteiger partial charge < -0.3 is 9.88 Å². The van der Waals surface area contributed by atoms with E-state index in [2.05, 4.69) is 47.1 Å². The Balaban J connectivity index is 1.49. The minimum absolute atomic E-state index is 0.132. The molecular formula is C22H25N3O. The molecule has 0 spiro atoms. The fraction of sp³-hybridized carbons (Fsp3) is 0.318. The molecule has 4 heteroatoms. The number of hydrogen-bond donors (Lipinski definition) is 1. The molecule has 1 amide bonds. The van der Waals surface area contributed by atoms with Crippen molar-refractivity contribution in [2.45, 2.75) is 25.9 Å². The van der Waals surface area contributed by atoms with Gasteiger partial charge in [-0.2, -0.15) is 0 Å². The first-order valence-electron chi connectivity index (χ1n) is 9.39. The highest BCUT2D eigenvalue weighted by Crippen LogP contribution is 2.23. The lowest BCUT2D eigenvalue weighted by Crippen LogP contribution is -2.41. The van der Waals surface area contributed by atoms with Gasteiger partial charge in [0.15, 0.2) is 0 Å². The van der Waals surface area contributed by atoms with Crippen LogP contribution in [0.1, 0.15) is 29.3 Å². The molecule has 1 saturated heterocycles. The van der Waals surface area contributed by atoms with Gasteiger partial charge in [-0.25, -0.2) is 0 Å². The Bertz CT molecular complexity index is 887. The molecule has 134 valence electrons. The third-order valence-corrected chi connectivity index (χ3v) is 5.36. The van der Waals surface area contributed by atoms with Gasteiger partial charge in [-0.15, -0.1) is 0 Å². The number of aromatic amines is 1. The van der Waals surface area contributed by atoms with Crippen LogP contribution in [0.5, 0.6) is 0 Å². The van der Waals surface area contributed by atoms with Crippen LogP contribution in [0, 0.1) is 0 Å². The number of nitrogens with zero attached hydrogens (tertiary/aromatic N) is 2. The van der Waals surface area contributed by atoms with Crippen LogP contribution in [0.2, 0.25) is 0 Å². The maximum atomic E-state index is 13.2. The molecule has 0 bridgehead atoms. The number of amides is 1. The van der Waals surface area contributed by atoms with Crippen molar-refractivity contribution in [1.29, 1.82) is 0 Å². The maximum Gasteiger partial charge on any atom is 0.256 e. The number of aromatic nitrogens is 1. The Labute approximate surface area is 154 Å². The van der Waals surface area contributed by atoms with Crippen LogP contribution in [0.25, 0.3) is 10.9 Å². The first-order chi connectivity index (χ1) is 12.8. The van der Waals surface area contributed by atoms with E-state index in [0.717, 1.165) is 49.1 Å². The number of likely N-dealkylation sites (N-methyl/N-ethyl adjacent to an activating group) is 1. The van der Waals surface area contributed by atoms with Crippen molar-refractivity contribution < 1.29 is 4.79 Å². The molecule has 0 aliphatic carbocycles. The Morgan fingerprint density at radius 1 is 1.15 bits per heavy atom. The summed E-state index contributed by atoms with van der Waals surface area (Å²) < 4.78 is 0. The molecule has 2 heterocycles. The van der Waals surface area contributed by atoms with Crippen molar-refractivity contribution in [2.24, 2.45) is 0 Å². The predicted molar refractivity (Wildman–Crippen MR) is 105 cm³/mol. The molecular weight excluding hydrogens is 322 g/mol. The number of hydrogen-bond acceptors (Lipinski definition) is 2. The average Bonchev–Trinajstić information content (AvgIpc) is 3.32. The zero-order valence-electron chi connectivity index (χ0n) is 15.2. The van der Waals surface area contributed by atoms with Crippen LogP contribution in [-0.2, 0) is 6.54 Å². The molecule has 1 aliphatic heterocycles. The second-order valence-corrected chi connectivity index (χ2v) is 7.00. The van der Waals surface area contributed by atoms with Crippen molar-refractivity contribution >= 4 is 16.8 Å². The summed E-state index contributed by atoms with van der Waals surface area (Å²) in [4.78, 5) is 20.9. The van der Waals surface area contributed by atoms with Crippen LogP contribution >= 0.6 is 0 Å². The Hall–Kier alpha value is -2.59. The highest BCUT2D eigenvalue weighted by atomic mass is 16.2. The quantitative estimate of drug-likeness (QED) is 0.760. The number of nitrogens with one attached hydrogen (secondary N) is 1. The average molecular weight is 347 g/mol. The van der Waals surface area contributed by atoms with Gasteiger partial charge in [-0.1, -0.05) is 42.5 Å². The van der Waals surface area contributed by atoms with Crippen LogP contribution < -0.4 is 0 Å². The van der Waals surface area contributed by atoms with Crippen LogP contribution in [0.3, 0.4) is 0 Å². The maximum absolute atomic E-state index is 13.2. The third kappa shape index (κ3) is 3.25. The van der Waals surface area contributed by atoms with Gasteiger partial charge in [0.1, 0.15) is 0 Å². The second-order valence-electron chi connectivity index (χ2n) is 7.00. The fourth-order valence-corrected chi connectivity index (χ4v) is 4.04. The number of H-pyrrole nitrogens is 1. The highest BCUT2D eigenvalue weighted by Gasteiger charge is 2.30. The van der Waals surface area contributed by atoms with Crippen molar-refractivity contribution in [2.75, 3.05) is 19.6 Å². The number of fused-ring (bicyclic) bond motifs is 1. The van der Waals surface area contributed by atoms with Gasteiger partial charge in [0.2, 0.25) is 0 Å². The number of para-hydroxylation sites is 1. The molecule has 0 saturated carbocycles. The van der Waals surface area contributed by atoms with Gasteiger partial charge >= 0.3 is 0 Å². The van der Waals surface area contributed by atoms with E-state index in [0.29, 0.717) is 0 Å². The smallest absolute Gasteiger partial charge is 0.256 e. The summed E-state index contributed by atoms with van der Waals surface area (Å²) in [5.74, 6) is 0.132. The molecule has 1 unspecified atom stereocenters. The molecule has 1 aliphatic rings. The number of benzene rings is 2. The van der Waals surface area contributed by atoms with E-state index in [-0.39, 0.29) is 11.9 Å². The largest absolute Gasteiger partial charge is 0.361 e. The third-order valence-electron chi connectivity index (χ3n) is 5.36. The lowest BCUT2D eigenvalue weighted by Gasteiger charge is -2.28. The fourth-order valence-electron chi connectivity index (χ4n) is 4.04. The van der Waals surface area contributed by atoms with E-state index in [1.165, 1.54) is 5.56 Å². The number of carbonyl (C=O) groups excluding carboxylic acids is 1. The van der Waals surface area contributed by atoms with Crippen LogP contribution in [0.15, 0.2) is 60.8 Å². The number of likely N-dealkylation sites (tertiary alicyclic amines) is 1. The summed E-state index contributed by atoms with van der Waals surface area (Å²) in [7, 11) is 0. The Kier molecular flexibility index (Phi) is 4.76. The Morgan fingerprint density at radius 2 is 2.00 bits per heavy atom. The van der Waals surface area contributed by atoms with E-state index < -0.39 is 0 Å². The minimum Gasteiger partial charge on any atom is -0.361 e. The van der Waals surface area contributed by atoms with Gasteiger partial charge in [0.25, 0.3) is 5.91 Å². The predicted octanol–water partition coefficient (Wildman–Crippen LogP) is 3.90. The van der Waals surface area contributed by atoms with Crippen molar-refractivity contribution in [3.8, 4) is 0 Å². The van der Waals surface area contributed by atoms with Crippen molar-refractivity contribution in [3.63, 3.8) is 0 Å². The number of rotatable bonds is 5. The molecule has 3 aromatic rings. The summed E-state index contributed by atoms with van der Waals surface area (Å²) in [5.41, 5.74) is 3.05. The minimum atomic E-state index is 0.132. The molecule has 4 nitrogen and oxygen atoms in total. The topological polar surface area (TPSA) is 39.3 Å². The highest BCUT2D eigenvalue weighted by molar-refractivity contribution is 6.05. The molecule has 26 heavy (non-hydrogen) atoms. The normalized spacial score (nSPS) is 17.7. The molecule has 1 aromatic heterocycles. The first-order valence-corrected chi connectivity index (χ1v) is 9.39. The summed E-state index contributed by atoms with van der Waals surface area (Å²) in [6.07, 6.45) is 2.93. The standard InChI is InChI=1S/C22H25N3O/c1-2-25(22(26)20-10-6-9-18-11-13-23-21(18)20)19-12-14-24(16-19)15-17-7-4-3-5-8-17/h3-11,13,19,23H,2,12,14-16H2,1H3. The first kappa shape index (κ1) is 16.9. The summed E-state index contributed by atoms with van der Waals surface area (Å²) in [6.45, 7) is 5.74.